The number of amides is 1. The maximum Gasteiger partial charge on any atom is 0.246 e. The summed E-state index contributed by atoms with van der Waals surface area (Å²) in [4.78, 5) is 29.7. The van der Waals surface area contributed by atoms with Crippen molar-refractivity contribution in [3.63, 3.8) is 0 Å². The minimum absolute atomic E-state index is 0.0535. The average Bonchev–Trinajstić information content (AvgIpc) is 3.31. The Hall–Kier alpha value is -4.71. The number of nitrogens with two attached hydrogens (primary N) is 1. The second kappa shape index (κ2) is 8.91. The third kappa shape index (κ3) is 3.95. The SMILES string of the molecule is C=CC(=O)N1CCC[C@@H](n2nc(-c3ccc(-n4ccc(=O)cc4)cc3)c3c(N)ncc(C#N)c32)C1. The summed E-state index contributed by atoms with van der Waals surface area (Å²) in [6.07, 6.45) is 7.84. The third-order valence-electron chi connectivity index (χ3n) is 6.34. The zero-order valence-electron chi connectivity index (χ0n) is 19.0. The molecule has 1 aromatic carbocycles. The van der Waals surface area contributed by atoms with Crippen LogP contribution >= 0.6 is 0 Å². The van der Waals surface area contributed by atoms with Gasteiger partial charge in [-0.1, -0.05) is 18.7 Å². The largest absolute Gasteiger partial charge is 0.383 e. The van der Waals surface area contributed by atoms with Crippen LogP contribution in [0.15, 0.2) is 72.4 Å². The van der Waals surface area contributed by atoms with E-state index in [0.717, 1.165) is 24.1 Å². The quantitative estimate of drug-likeness (QED) is 0.462. The van der Waals surface area contributed by atoms with Gasteiger partial charge in [0.1, 0.15) is 17.6 Å². The number of nitrogens with zero attached hydrogens (tertiary/aromatic N) is 6. The number of rotatable bonds is 4. The van der Waals surface area contributed by atoms with Gasteiger partial charge in [0.05, 0.1) is 22.5 Å². The molecule has 2 N–H and O–H groups in total. The van der Waals surface area contributed by atoms with Crippen molar-refractivity contribution in [3.05, 3.63) is 83.4 Å². The lowest BCUT2D eigenvalue weighted by atomic mass is 10.0. The van der Waals surface area contributed by atoms with E-state index in [9.17, 15) is 14.9 Å². The lowest BCUT2D eigenvalue weighted by molar-refractivity contribution is -0.127. The molecule has 0 bridgehead atoms. The first-order chi connectivity index (χ1) is 17.0. The molecule has 1 saturated heterocycles. The Balaban J connectivity index is 1.62. The number of hydrogen-bond donors (Lipinski definition) is 1. The van der Waals surface area contributed by atoms with Crippen LogP contribution in [0.5, 0.6) is 0 Å². The van der Waals surface area contributed by atoms with E-state index >= 15 is 0 Å². The first-order valence-electron chi connectivity index (χ1n) is 11.3. The van der Waals surface area contributed by atoms with E-state index in [4.69, 9.17) is 10.8 Å². The van der Waals surface area contributed by atoms with Crippen LogP contribution in [0.1, 0.15) is 24.4 Å². The molecule has 0 spiro atoms. The predicted octanol–water partition coefficient (Wildman–Crippen LogP) is 3.05. The molecule has 4 heterocycles. The summed E-state index contributed by atoms with van der Waals surface area (Å²) in [5.74, 6) is 0.172. The number of carbonyl (C=O) groups is 1. The smallest absolute Gasteiger partial charge is 0.246 e. The summed E-state index contributed by atoms with van der Waals surface area (Å²) in [6.45, 7) is 4.73. The molecule has 0 unspecified atom stereocenters. The zero-order valence-corrected chi connectivity index (χ0v) is 19.0. The Morgan fingerprint density at radius 2 is 1.94 bits per heavy atom. The molecule has 4 aromatic rings. The molecule has 1 aliphatic heterocycles. The minimum atomic E-state index is -0.119. The fourth-order valence-corrected chi connectivity index (χ4v) is 4.60. The molecule has 1 atom stereocenters. The number of piperidine rings is 1. The molecule has 3 aromatic heterocycles. The van der Waals surface area contributed by atoms with Crippen LogP contribution in [0.3, 0.4) is 0 Å². The van der Waals surface area contributed by atoms with Gasteiger partial charge in [0.25, 0.3) is 0 Å². The fraction of sp³-hybridized carbons (Fsp3) is 0.192. The molecule has 174 valence electrons. The highest BCUT2D eigenvalue weighted by Crippen LogP contribution is 2.36. The Labute approximate surface area is 201 Å². The van der Waals surface area contributed by atoms with Crippen molar-refractivity contribution >= 4 is 22.6 Å². The second-order valence-electron chi connectivity index (χ2n) is 8.46. The highest BCUT2D eigenvalue weighted by Gasteiger charge is 2.28. The van der Waals surface area contributed by atoms with Crippen molar-refractivity contribution in [3.8, 4) is 23.0 Å². The van der Waals surface area contributed by atoms with E-state index in [2.05, 4.69) is 17.6 Å². The van der Waals surface area contributed by atoms with Gasteiger partial charge in [-0.3, -0.25) is 14.3 Å². The fourth-order valence-electron chi connectivity index (χ4n) is 4.60. The number of likely N-dealkylation sites (tertiary alicyclic amines) is 1. The van der Waals surface area contributed by atoms with Gasteiger partial charge in [-0.2, -0.15) is 10.4 Å². The zero-order chi connectivity index (χ0) is 24.5. The van der Waals surface area contributed by atoms with E-state index in [1.54, 1.807) is 17.3 Å². The van der Waals surface area contributed by atoms with Crippen LogP contribution in [0.2, 0.25) is 0 Å². The van der Waals surface area contributed by atoms with Crippen molar-refractivity contribution in [1.82, 2.24) is 24.2 Å². The van der Waals surface area contributed by atoms with Gasteiger partial charge in [0.2, 0.25) is 5.91 Å². The number of carbonyl (C=O) groups excluding carboxylic acids is 1. The Bertz CT molecular complexity index is 1520. The minimum Gasteiger partial charge on any atom is -0.383 e. The summed E-state index contributed by atoms with van der Waals surface area (Å²) in [6, 6.07) is 12.8. The highest BCUT2D eigenvalue weighted by atomic mass is 16.2. The molecule has 0 radical (unpaired) electrons. The normalized spacial score (nSPS) is 15.6. The predicted molar refractivity (Wildman–Crippen MR) is 133 cm³/mol. The number of benzene rings is 1. The number of hydrogen-bond acceptors (Lipinski definition) is 6. The lowest BCUT2D eigenvalue weighted by Gasteiger charge is -2.32. The third-order valence-corrected chi connectivity index (χ3v) is 6.34. The molecule has 35 heavy (non-hydrogen) atoms. The second-order valence-corrected chi connectivity index (χ2v) is 8.46. The Morgan fingerprint density at radius 1 is 1.20 bits per heavy atom. The van der Waals surface area contributed by atoms with Crippen LogP contribution in [0, 0.1) is 11.3 Å². The van der Waals surface area contributed by atoms with Crippen molar-refractivity contribution in [2.45, 2.75) is 18.9 Å². The van der Waals surface area contributed by atoms with Gasteiger partial charge < -0.3 is 15.2 Å². The van der Waals surface area contributed by atoms with Crippen LogP contribution in [0.4, 0.5) is 5.82 Å². The van der Waals surface area contributed by atoms with Gasteiger partial charge in [0.15, 0.2) is 5.43 Å². The topological polar surface area (TPSA) is 123 Å². The molecule has 1 aliphatic rings. The van der Waals surface area contributed by atoms with Crippen LogP contribution in [0.25, 0.3) is 27.8 Å². The first kappa shape index (κ1) is 22.1. The maximum absolute atomic E-state index is 12.3. The molecule has 0 aliphatic carbocycles. The summed E-state index contributed by atoms with van der Waals surface area (Å²) in [7, 11) is 0. The first-order valence-corrected chi connectivity index (χ1v) is 11.3. The summed E-state index contributed by atoms with van der Waals surface area (Å²) < 4.78 is 3.68. The van der Waals surface area contributed by atoms with Gasteiger partial charge in [-0.25, -0.2) is 4.98 Å². The van der Waals surface area contributed by atoms with Gasteiger partial charge >= 0.3 is 0 Å². The van der Waals surface area contributed by atoms with Crippen LogP contribution in [-0.2, 0) is 4.79 Å². The molecular weight excluding hydrogens is 442 g/mol. The van der Waals surface area contributed by atoms with E-state index in [1.165, 1.54) is 24.4 Å². The van der Waals surface area contributed by atoms with Crippen molar-refractivity contribution in [2.24, 2.45) is 0 Å². The number of nitrogen functional groups attached to an aromatic ring is 1. The number of pyridine rings is 2. The summed E-state index contributed by atoms with van der Waals surface area (Å²) in [5, 5.41) is 15.4. The number of aromatic nitrogens is 4. The number of anilines is 1. The molecule has 9 nitrogen and oxygen atoms in total. The monoisotopic (exact) mass is 465 g/mol. The van der Waals surface area contributed by atoms with Crippen molar-refractivity contribution in [1.29, 1.82) is 5.26 Å². The molecule has 1 fully saturated rings. The van der Waals surface area contributed by atoms with E-state index in [0.29, 0.717) is 41.1 Å². The highest BCUT2D eigenvalue weighted by molar-refractivity contribution is 6.02. The molecule has 5 rings (SSSR count). The van der Waals surface area contributed by atoms with Crippen LogP contribution < -0.4 is 11.2 Å². The van der Waals surface area contributed by atoms with E-state index < -0.39 is 0 Å². The van der Waals surface area contributed by atoms with Crippen molar-refractivity contribution < 1.29 is 4.79 Å². The van der Waals surface area contributed by atoms with Gasteiger partial charge in [-0.15, -0.1) is 0 Å². The maximum atomic E-state index is 12.3. The standard InChI is InChI=1S/C26H23N7O2/c1-2-22(35)32-11-3-4-20(16-32)33-25-18(14-27)15-29-26(28)23(25)24(30-33)17-5-7-19(8-6-17)31-12-9-21(34)10-13-31/h2,5-10,12-13,15,20H,1,3-4,11,16H2,(H2,28,29)/t20-/m1/s1. The summed E-state index contributed by atoms with van der Waals surface area (Å²) in [5.41, 5.74) is 9.58. The van der Waals surface area contributed by atoms with Crippen LogP contribution in [-0.4, -0.2) is 43.2 Å². The Kier molecular flexibility index (Phi) is 5.63. The molecule has 0 saturated carbocycles. The lowest BCUT2D eigenvalue weighted by Crippen LogP contribution is -2.40. The van der Waals surface area contributed by atoms with Crippen molar-refractivity contribution in [2.75, 3.05) is 18.8 Å². The van der Waals surface area contributed by atoms with E-state index in [1.807, 2.05) is 33.5 Å². The Morgan fingerprint density at radius 3 is 2.63 bits per heavy atom. The molecular formula is C26H23N7O2. The number of fused-ring (bicyclic) bond motifs is 1. The van der Waals surface area contributed by atoms with Gasteiger partial charge in [-0.05, 0) is 31.1 Å². The van der Waals surface area contributed by atoms with Gasteiger partial charge in [0, 0.05) is 55.1 Å². The summed E-state index contributed by atoms with van der Waals surface area (Å²) >= 11 is 0. The number of nitriles is 1. The van der Waals surface area contributed by atoms with E-state index in [-0.39, 0.29) is 17.4 Å². The average molecular weight is 466 g/mol. The molecule has 1 amide bonds. The molecule has 9 heteroatoms.